The van der Waals surface area contributed by atoms with Gasteiger partial charge in [-0.25, -0.2) is 4.79 Å². The van der Waals surface area contributed by atoms with E-state index in [1.54, 1.807) is 4.90 Å². The first-order valence-electron chi connectivity index (χ1n) is 6.56. The molecule has 0 bridgehead atoms. The molecule has 1 unspecified atom stereocenters. The van der Waals surface area contributed by atoms with E-state index in [-0.39, 0.29) is 18.5 Å². The Labute approximate surface area is 127 Å². The Kier molecular flexibility index (Phi) is 5.20. The summed E-state index contributed by atoms with van der Waals surface area (Å²) in [7, 11) is 1.32. The molecule has 0 aromatic carbocycles. The molecule has 1 aliphatic heterocycles. The molecule has 0 radical (unpaired) electrons. The van der Waals surface area contributed by atoms with Gasteiger partial charge in [-0.3, -0.25) is 4.79 Å². The molecule has 0 saturated carbocycles. The lowest BCUT2D eigenvalue weighted by molar-refractivity contribution is 0.0792. The zero-order valence-electron chi connectivity index (χ0n) is 11.7. The summed E-state index contributed by atoms with van der Waals surface area (Å²) in [5, 5.41) is 4.55. The van der Waals surface area contributed by atoms with Gasteiger partial charge in [0.05, 0.1) is 19.7 Å². The van der Waals surface area contributed by atoms with Gasteiger partial charge in [-0.05, 0) is 17.9 Å². The summed E-state index contributed by atoms with van der Waals surface area (Å²) in [6.07, 6.45) is 0.246. The number of thiophene rings is 1. The van der Waals surface area contributed by atoms with Crippen molar-refractivity contribution in [1.29, 1.82) is 0 Å². The number of ether oxygens (including phenoxy) is 1. The summed E-state index contributed by atoms with van der Waals surface area (Å²) in [4.78, 5) is 26.0. The Morgan fingerprint density at radius 3 is 3.14 bits per heavy atom. The van der Waals surface area contributed by atoms with Crippen molar-refractivity contribution in [2.45, 2.75) is 12.5 Å². The summed E-state index contributed by atoms with van der Waals surface area (Å²) in [6.45, 7) is 1.35. The summed E-state index contributed by atoms with van der Waals surface area (Å²) < 4.78 is 4.56. The standard InChI is InChI=1S/C14H17N3O3S/c1-20-14(19)16-11-4-7-17(9-11)13(18)12-10(3-2-6-15)5-8-21-12/h5,8,11H,4,6-7,9,15H2,1H3,(H,16,19). The van der Waals surface area contributed by atoms with Gasteiger partial charge in [0.1, 0.15) is 4.88 Å². The molecule has 112 valence electrons. The highest BCUT2D eigenvalue weighted by Crippen LogP contribution is 2.21. The Morgan fingerprint density at radius 1 is 1.62 bits per heavy atom. The maximum absolute atomic E-state index is 12.5. The predicted octanol–water partition coefficient (Wildman–Crippen LogP) is 0.629. The highest BCUT2D eigenvalue weighted by molar-refractivity contribution is 7.12. The Bertz CT molecular complexity index is 588. The number of nitrogens with zero attached hydrogens (tertiary/aromatic N) is 1. The van der Waals surface area contributed by atoms with E-state index in [1.165, 1.54) is 18.4 Å². The third-order valence-corrected chi connectivity index (χ3v) is 4.07. The summed E-state index contributed by atoms with van der Waals surface area (Å²) >= 11 is 1.37. The fourth-order valence-corrected chi connectivity index (χ4v) is 2.97. The maximum Gasteiger partial charge on any atom is 0.407 e. The zero-order chi connectivity index (χ0) is 15.2. The van der Waals surface area contributed by atoms with Crippen molar-refractivity contribution in [2.75, 3.05) is 26.7 Å². The second-order valence-electron chi connectivity index (χ2n) is 4.54. The third kappa shape index (κ3) is 3.74. The molecule has 21 heavy (non-hydrogen) atoms. The minimum absolute atomic E-state index is 0.0551. The third-order valence-electron chi connectivity index (χ3n) is 3.17. The summed E-state index contributed by atoms with van der Waals surface area (Å²) in [5.41, 5.74) is 6.06. The van der Waals surface area contributed by atoms with Crippen molar-refractivity contribution < 1.29 is 14.3 Å². The van der Waals surface area contributed by atoms with Crippen molar-refractivity contribution in [2.24, 2.45) is 5.73 Å². The first kappa shape index (κ1) is 15.4. The summed E-state index contributed by atoms with van der Waals surface area (Å²) in [5.74, 6) is 5.61. The van der Waals surface area contributed by atoms with Crippen molar-refractivity contribution >= 4 is 23.3 Å². The number of rotatable bonds is 2. The van der Waals surface area contributed by atoms with Crippen LogP contribution in [0.3, 0.4) is 0 Å². The molecule has 2 rings (SSSR count). The van der Waals surface area contributed by atoms with Gasteiger partial charge in [-0.1, -0.05) is 11.8 Å². The first-order valence-corrected chi connectivity index (χ1v) is 7.44. The van der Waals surface area contributed by atoms with Crippen molar-refractivity contribution in [3.8, 4) is 11.8 Å². The number of likely N-dealkylation sites (tertiary alicyclic amines) is 1. The van der Waals surface area contributed by atoms with Crippen molar-refractivity contribution in [3.63, 3.8) is 0 Å². The van der Waals surface area contributed by atoms with Crippen molar-refractivity contribution in [3.05, 3.63) is 21.9 Å². The second-order valence-corrected chi connectivity index (χ2v) is 5.46. The lowest BCUT2D eigenvalue weighted by atomic mass is 10.2. The van der Waals surface area contributed by atoms with Crippen LogP contribution in [0.5, 0.6) is 0 Å². The predicted molar refractivity (Wildman–Crippen MR) is 80.1 cm³/mol. The van der Waals surface area contributed by atoms with Crippen LogP contribution in [0.2, 0.25) is 0 Å². The van der Waals surface area contributed by atoms with E-state index in [0.29, 0.717) is 23.5 Å². The molecular formula is C14H17N3O3S. The Hall–Kier alpha value is -2.04. The fraction of sp³-hybridized carbons (Fsp3) is 0.429. The molecule has 2 heterocycles. The van der Waals surface area contributed by atoms with Crippen LogP contribution in [0.1, 0.15) is 21.7 Å². The van der Waals surface area contributed by atoms with Gasteiger partial charge in [0, 0.05) is 18.7 Å². The molecule has 2 amide bonds. The molecule has 0 aliphatic carbocycles. The van der Waals surface area contributed by atoms with Crippen molar-refractivity contribution in [1.82, 2.24) is 10.2 Å². The molecule has 7 heteroatoms. The van der Waals surface area contributed by atoms with E-state index in [9.17, 15) is 9.59 Å². The molecule has 1 aliphatic rings. The number of carbonyl (C=O) groups excluding carboxylic acids is 2. The number of amides is 2. The Morgan fingerprint density at radius 2 is 2.43 bits per heavy atom. The largest absolute Gasteiger partial charge is 0.453 e. The minimum atomic E-state index is -0.472. The van der Waals surface area contributed by atoms with E-state index >= 15 is 0 Å². The van der Waals surface area contributed by atoms with E-state index < -0.39 is 6.09 Å². The fourth-order valence-electron chi connectivity index (χ4n) is 2.15. The number of nitrogens with one attached hydrogen (secondary N) is 1. The normalized spacial score (nSPS) is 17.0. The van der Waals surface area contributed by atoms with Gasteiger partial charge in [-0.2, -0.15) is 0 Å². The van der Waals surface area contributed by atoms with Crippen LogP contribution in [0, 0.1) is 11.8 Å². The molecule has 1 fully saturated rings. The molecule has 6 nitrogen and oxygen atoms in total. The number of hydrogen-bond donors (Lipinski definition) is 2. The van der Waals surface area contributed by atoms with Crippen LogP contribution in [-0.4, -0.2) is 49.7 Å². The van der Waals surface area contributed by atoms with Crippen LogP contribution in [-0.2, 0) is 4.74 Å². The maximum atomic E-state index is 12.5. The lowest BCUT2D eigenvalue weighted by Gasteiger charge is -2.16. The number of methoxy groups -OCH3 is 1. The zero-order valence-corrected chi connectivity index (χ0v) is 12.5. The molecule has 1 aromatic heterocycles. The highest BCUT2D eigenvalue weighted by Gasteiger charge is 2.29. The van der Waals surface area contributed by atoms with Crippen LogP contribution < -0.4 is 11.1 Å². The Balaban J connectivity index is 2.02. The monoisotopic (exact) mass is 307 g/mol. The van der Waals surface area contributed by atoms with Crippen LogP contribution in [0.15, 0.2) is 11.4 Å². The lowest BCUT2D eigenvalue weighted by Crippen LogP contribution is -2.38. The second kappa shape index (κ2) is 7.11. The quantitative estimate of drug-likeness (QED) is 0.785. The average Bonchev–Trinajstić information content (AvgIpc) is 3.13. The average molecular weight is 307 g/mol. The number of nitrogens with two attached hydrogens (primary N) is 1. The first-order chi connectivity index (χ1) is 10.2. The molecule has 3 N–H and O–H groups in total. The smallest absolute Gasteiger partial charge is 0.407 e. The molecule has 0 spiro atoms. The van der Waals surface area contributed by atoms with Gasteiger partial charge in [0.15, 0.2) is 0 Å². The van der Waals surface area contributed by atoms with E-state index in [0.717, 1.165) is 6.42 Å². The highest BCUT2D eigenvalue weighted by atomic mass is 32.1. The van der Waals surface area contributed by atoms with Crippen LogP contribution >= 0.6 is 11.3 Å². The van der Waals surface area contributed by atoms with Gasteiger partial charge in [0.2, 0.25) is 0 Å². The molecule has 1 saturated heterocycles. The topological polar surface area (TPSA) is 84.7 Å². The number of alkyl carbamates (subject to hydrolysis) is 1. The minimum Gasteiger partial charge on any atom is -0.453 e. The van der Waals surface area contributed by atoms with Crippen LogP contribution in [0.25, 0.3) is 0 Å². The van der Waals surface area contributed by atoms with Gasteiger partial charge in [-0.15, -0.1) is 11.3 Å². The van der Waals surface area contributed by atoms with Gasteiger partial charge in [0.25, 0.3) is 5.91 Å². The number of carbonyl (C=O) groups is 2. The van der Waals surface area contributed by atoms with Gasteiger partial charge >= 0.3 is 6.09 Å². The molecule has 1 aromatic rings. The van der Waals surface area contributed by atoms with E-state index in [2.05, 4.69) is 21.9 Å². The molecular weight excluding hydrogens is 290 g/mol. The summed E-state index contributed by atoms with van der Waals surface area (Å²) in [6, 6.07) is 1.75. The molecule has 1 atom stereocenters. The SMILES string of the molecule is COC(=O)NC1CCN(C(=O)c2sccc2C#CCN)C1. The number of hydrogen-bond acceptors (Lipinski definition) is 5. The van der Waals surface area contributed by atoms with E-state index in [1.807, 2.05) is 11.4 Å². The van der Waals surface area contributed by atoms with Gasteiger partial charge < -0.3 is 20.7 Å². The van der Waals surface area contributed by atoms with E-state index in [4.69, 9.17) is 5.73 Å². The van der Waals surface area contributed by atoms with Crippen LogP contribution in [0.4, 0.5) is 4.79 Å².